The normalized spacial score (nSPS) is 21.0. The fourth-order valence-corrected chi connectivity index (χ4v) is 2.59. The number of nitrogens with zero attached hydrogens (tertiary/aromatic N) is 1. The van der Waals surface area contributed by atoms with Crippen LogP contribution >= 0.6 is 0 Å². The van der Waals surface area contributed by atoms with Crippen LogP contribution in [-0.4, -0.2) is 27.9 Å². The highest BCUT2D eigenvalue weighted by molar-refractivity contribution is 5.98. The van der Waals surface area contributed by atoms with Crippen LogP contribution in [0, 0.1) is 23.0 Å². The van der Waals surface area contributed by atoms with E-state index in [0.717, 1.165) is 5.56 Å². The summed E-state index contributed by atoms with van der Waals surface area (Å²) < 4.78 is 0. The Labute approximate surface area is 121 Å². The predicted molar refractivity (Wildman–Crippen MR) is 74.1 cm³/mol. The molecule has 7 heteroatoms. The minimum absolute atomic E-state index is 0.0128. The Hall–Kier alpha value is -2.44. The van der Waals surface area contributed by atoms with Crippen molar-refractivity contribution >= 4 is 17.6 Å². The molecule has 1 aliphatic carbocycles. The average Bonchev–Trinajstić information content (AvgIpc) is 2.86. The average molecular weight is 292 g/mol. The van der Waals surface area contributed by atoms with Gasteiger partial charge in [-0.25, -0.2) is 0 Å². The lowest BCUT2D eigenvalue weighted by molar-refractivity contribution is -0.385. The van der Waals surface area contributed by atoms with Crippen LogP contribution in [0.3, 0.4) is 0 Å². The number of hydrogen-bond acceptors (Lipinski definition) is 4. The molecule has 1 amide bonds. The van der Waals surface area contributed by atoms with Gasteiger partial charge in [0.1, 0.15) is 5.56 Å². The number of nitro benzene ring substituents is 1. The topological polar surface area (TPSA) is 110 Å². The third-order valence-corrected chi connectivity index (χ3v) is 3.71. The van der Waals surface area contributed by atoms with Gasteiger partial charge in [0.25, 0.3) is 11.6 Å². The van der Waals surface area contributed by atoms with E-state index in [1.165, 1.54) is 12.1 Å². The van der Waals surface area contributed by atoms with Gasteiger partial charge < -0.3 is 10.4 Å². The van der Waals surface area contributed by atoms with Crippen molar-refractivity contribution in [2.45, 2.75) is 32.2 Å². The van der Waals surface area contributed by atoms with Crippen LogP contribution in [0.1, 0.15) is 35.2 Å². The zero-order chi connectivity index (χ0) is 15.6. The van der Waals surface area contributed by atoms with Crippen LogP contribution in [0.5, 0.6) is 0 Å². The Kier molecular flexibility index (Phi) is 4.21. The van der Waals surface area contributed by atoms with E-state index in [1.54, 1.807) is 13.0 Å². The number of rotatable bonds is 4. The lowest BCUT2D eigenvalue weighted by Crippen LogP contribution is -2.33. The van der Waals surface area contributed by atoms with Gasteiger partial charge in [-0.2, -0.15) is 0 Å². The molecule has 0 saturated heterocycles. The van der Waals surface area contributed by atoms with E-state index in [-0.39, 0.29) is 17.3 Å². The van der Waals surface area contributed by atoms with Crippen LogP contribution < -0.4 is 5.32 Å². The first-order chi connectivity index (χ1) is 9.88. The largest absolute Gasteiger partial charge is 0.481 e. The molecule has 1 aliphatic rings. The zero-order valence-corrected chi connectivity index (χ0v) is 11.5. The van der Waals surface area contributed by atoms with E-state index < -0.39 is 22.7 Å². The molecule has 2 rings (SSSR count). The molecule has 7 nitrogen and oxygen atoms in total. The molecule has 112 valence electrons. The number of aliphatic carboxylic acids is 1. The summed E-state index contributed by atoms with van der Waals surface area (Å²) >= 11 is 0. The van der Waals surface area contributed by atoms with E-state index >= 15 is 0 Å². The molecule has 21 heavy (non-hydrogen) atoms. The first-order valence-electron chi connectivity index (χ1n) is 6.67. The standard InChI is InChI=1S/C14H16N2O5/c1-8-2-5-12(16(20)21)11(6-8)13(17)15-10-4-3-9(7-10)14(18)19/h2,5-6,9-10H,3-4,7H2,1H3,(H,15,17)(H,18,19). The Morgan fingerprint density at radius 3 is 2.67 bits per heavy atom. The maximum absolute atomic E-state index is 12.2. The molecule has 2 unspecified atom stereocenters. The number of hydrogen-bond donors (Lipinski definition) is 2. The molecular formula is C14H16N2O5. The molecule has 1 fully saturated rings. The first kappa shape index (κ1) is 15.0. The Bertz CT molecular complexity index is 599. The van der Waals surface area contributed by atoms with E-state index in [1.807, 2.05) is 0 Å². The molecule has 0 spiro atoms. The van der Waals surface area contributed by atoms with Gasteiger partial charge in [-0.05, 0) is 37.8 Å². The quantitative estimate of drug-likeness (QED) is 0.650. The number of nitro groups is 1. The second-order valence-electron chi connectivity index (χ2n) is 5.30. The number of carboxylic acid groups (broad SMARTS) is 1. The van der Waals surface area contributed by atoms with Crippen LogP contribution in [0.25, 0.3) is 0 Å². The van der Waals surface area contributed by atoms with Crippen LogP contribution in [0.4, 0.5) is 5.69 Å². The van der Waals surface area contributed by atoms with Gasteiger partial charge in [-0.15, -0.1) is 0 Å². The van der Waals surface area contributed by atoms with Crippen molar-refractivity contribution in [3.05, 3.63) is 39.4 Å². The van der Waals surface area contributed by atoms with E-state index in [0.29, 0.717) is 19.3 Å². The van der Waals surface area contributed by atoms with Gasteiger partial charge in [0, 0.05) is 12.1 Å². The molecule has 1 saturated carbocycles. The summed E-state index contributed by atoms with van der Waals surface area (Å²) in [6.07, 6.45) is 1.44. The first-order valence-corrected chi connectivity index (χ1v) is 6.67. The molecular weight excluding hydrogens is 276 g/mol. The predicted octanol–water partition coefficient (Wildman–Crippen LogP) is 1.89. The van der Waals surface area contributed by atoms with Gasteiger partial charge >= 0.3 is 5.97 Å². The SMILES string of the molecule is Cc1ccc([N+](=O)[O-])c(C(=O)NC2CCC(C(=O)O)C2)c1. The Morgan fingerprint density at radius 1 is 1.38 bits per heavy atom. The van der Waals surface area contributed by atoms with E-state index in [4.69, 9.17) is 5.11 Å². The van der Waals surface area contributed by atoms with Crippen molar-refractivity contribution in [1.82, 2.24) is 5.32 Å². The molecule has 1 aromatic carbocycles. The molecule has 0 heterocycles. The van der Waals surface area contributed by atoms with Crippen molar-refractivity contribution in [3.63, 3.8) is 0 Å². The molecule has 1 aromatic rings. The van der Waals surface area contributed by atoms with E-state index in [2.05, 4.69) is 5.32 Å². The van der Waals surface area contributed by atoms with Crippen LogP contribution in [0.2, 0.25) is 0 Å². The van der Waals surface area contributed by atoms with Crippen molar-refractivity contribution < 1.29 is 19.6 Å². The molecule has 0 radical (unpaired) electrons. The maximum atomic E-state index is 12.2. The van der Waals surface area contributed by atoms with Gasteiger partial charge in [-0.1, -0.05) is 6.07 Å². The summed E-state index contributed by atoms with van der Waals surface area (Å²) in [5.41, 5.74) is 0.519. The van der Waals surface area contributed by atoms with Gasteiger partial charge in [-0.3, -0.25) is 19.7 Å². The van der Waals surface area contributed by atoms with Crippen molar-refractivity contribution in [1.29, 1.82) is 0 Å². The lowest BCUT2D eigenvalue weighted by atomic mass is 10.1. The molecule has 0 aliphatic heterocycles. The second-order valence-corrected chi connectivity index (χ2v) is 5.30. The summed E-state index contributed by atoms with van der Waals surface area (Å²) in [4.78, 5) is 33.5. The monoisotopic (exact) mass is 292 g/mol. The fraction of sp³-hybridized carbons (Fsp3) is 0.429. The lowest BCUT2D eigenvalue weighted by Gasteiger charge is -2.12. The highest BCUT2D eigenvalue weighted by Gasteiger charge is 2.31. The van der Waals surface area contributed by atoms with Gasteiger partial charge in [0.05, 0.1) is 10.8 Å². The maximum Gasteiger partial charge on any atom is 0.306 e. The highest BCUT2D eigenvalue weighted by atomic mass is 16.6. The van der Waals surface area contributed by atoms with Crippen LogP contribution in [0.15, 0.2) is 18.2 Å². The second kappa shape index (κ2) is 5.90. The Morgan fingerprint density at radius 2 is 2.10 bits per heavy atom. The number of aryl methyl sites for hydroxylation is 1. The number of nitrogens with one attached hydrogen (secondary N) is 1. The molecule has 2 atom stereocenters. The number of carbonyl (C=O) groups is 2. The summed E-state index contributed by atoms with van der Waals surface area (Å²) in [5.74, 6) is -1.85. The smallest absolute Gasteiger partial charge is 0.306 e. The summed E-state index contributed by atoms with van der Waals surface area (Å²) in [6, 6.07) is 4.10. The van der Waals surface area contributed by atoms with Crippen molar-refractivity contribution in [3.8, 4) is 0 Å². The minimum Gasteiger partial charge on any atom is -0.481 e. The molecule has 0 bridgehead atoms. The third kappa shape index (κ3) is 3.36. The summed E-state index contributed by atoms with van der Waals surface area (Å²) in [5, 5.41) is 22.6. The number of amides is 1. The number of carboxylic acids is 1. The summed E-state index contributed by atoms with van der Waals surface area (Å²) in [6.45, 7) is 1.75. The zero-order valence-electron chi connectivity index (χ0n) is 11.5. The minimum atomic E-state index is -0.867. The van der Waals surface area contributed by atoms with Crippen molar-refractivity contribution in [2.24, 2.45) is 5.92 Å². The molecule has 2 N–H and O–H groups in total. The number of carbonyl (C=O) groups excluding carboxylic acids is 1. The fourth-order valence-electron chi connectivity index (χ4n) is 2.59. The van der Waals surface area contributed by atoms with Crippen molar-refractivity contribution in [2.75, 3.05) is 0 Å². The van der Waals surface area contributed by atoms with Gasteiger partial charge in [0.2, 0.25) is 0 Å². The van der Waals surface area contributed by atoms with Gasteiger partial charge in [0.15, 0.2) is 0 Å². The third-order valence-electron chi connectivity index (χ3n) is 3.71. The number of benzene rings is 1. The van der Waals surface area contributed by atoms with Crippen LogP contribution in [-0.2, 0) is 4.79 Å². The Balaban J connectivity index is 2.12. The van der Waals surface area contributed by atoms with E-state index in [9.17, 15) is 19.7 Å². The highest BCUT2D eigenvalue weighted by Crippen LogP contribution is 2.27. The molecule has 0 aromatic heterocycles. The summed E-state index contributed by atoms with van der Waals surface area (Å²) in [7, 11) is 0.